The third-order valence-corrected chi connectivity index (χ3v) is 4.75. The Morgan fingerprint density at radius 2 is 2.11 bits per heavy atom. The molecule has 8 heteroatoms. The number of hydrogen-bond donors (Lipinski definition) is 2. The fourth-order valence-corrected chi connectivity index (χ4v) is 3.03. The van der Waals surface area contributed by atoms with E-state index in [-0.39, 0.29) is 11.9 Å². The van der Waals surface area contributed by atoms with Crippen LogP contribution in [0.3, 0.4) is 0 Å². The fraction of sp³-hybridized carbons (Fsp3) is 0.158. The molecule has 0 saturated heterocycles. The van der Waals surface area contributed by atoms with E-state index in [0.29, 0.717) is 21.8 Å². The minimum absolute atomic E-state index is 0.122. The van der Waals surface area contributed by atoms with Crippen molar-refractivity contribution >= 4 is 17.3 Å². The molecule has 3 heterocycles. The summed E-state index contributed by atoms with van der Waals surface area (Å²) in [5.41, 5.74) is 7.47. The third-order valence-electron chi connectivity index (χ3n) is 4.36. The van der Waals surface area contributed by atoms with Gasteiger partial charge in [0, 0.05) is 34.1 Å². The highest BCUT2D eigenvalue weighted by molar-refractivity contribution is 6.31. The van der Waals surface area contributed by atoms with E-state index in [1.807, 2.05) is 31.3 Å². The van der Waals surface area contributed by atoms with Crippen LogP contribution in [-0.2, 0) is 0 Å². The van der Waals surface area contributed by atoms with E-state index >= 15 is 0 Å². The number of nitrogens with zero attached hydrogens (tertiary/aromatic N) is 5. The van der Waals surface area contributed by atoms with Crippen molar-refractivity contribution in [3.05, 3.63) is 59.7 Å². The van der Waals surface area contributed by atoms with Crippen LogP contribution in [0, 0.1) is 6.92 Å². The first-order chi connectivity index (χ1) is 13.0. The topological polar surface area (TPSA) is 88.2 Å². The summed E-state index contributed by atoms with van der Waals surface area (Å²) in [6.45, 7) is 3.68. The summed E-state index contributed by atoms with van der Waals surface area (Å²) in [5.74, 6) is 0.122. The second-order valence-corrected chi connectivity index (χ2v) is 6.66. The molecule has 7 nitrogen and oxygen atoms in total. The first-order valence-corrected chi connectivity index (χ1v) is 8.74. The Morgan fingerprint density at radius 1 is 1.26 bits per heavy atom. The van der Waals surface area contributed by atoms with E-state index in [1.54, 1.807) is 29.9 Å². The number of hydrogen-bond acceptors (Lipinski definition) is 6. The van der Waals surface area contributed by atoms with Gasteiger partial charge in [0.25, 0.3) is 0 Å². The number of aromatic nitrogens is 4. The van der Waals surface area contributed by atoms with Crippen molar-refractivity contribution < 1.29 is 5.11 Å². The van der Waals surface area contributed by atoms with Crippen LogP contribution in [0.5, 0.6) is 5.75 Å². The molecule has 0 spiro atoms. The molecule has 27 heavy (non-hydrogen) atoms. The van der Waals surface area contributed by atoms with Crippen LogP contribution in [0.2, 0.25) is 5.02 Å². The number of allylic oxidation sites excluding steroid dienone is 1. The number of hydrazone groups is 1. The Bertz CT molecular complexity index is 1030. The van der Waals surface area contributed by atoms with Gasteiger partial charge in [-0.3, -0.25) is 5.43 Å². The maximum atomic E-state index is 10.2. The van der Waals surface area contributed by atoms with Gasteiger partial charge in [0.2, 0.25) is 0 Å². The Labute approximate surface area is 161 Å². The minimum atomic E-state index is -0.224. The van der Waals surface area contributed by atoms with Crippen LogP contribution >= 0.6 is 11.6 Å². The monoisotopic (exact) mass is 380 g/mol. The Balaban J connectivity index is 1.86. The highest BCUT2D eigenvalue weighted by Crippen LogP contribution is 2.36. The van der Waals surface area contributed by atoms with Crippen molar-refractivity contribution in [3.63, 3.8) is 0 Å². The van der Waals surface area contributed by atoms with E-state index in [1.165, 1.54) is 6.33 Å². The number of nitrogens with one attached hydrogen (secondary N) is 1. The summed E-state index contributed by atoms with van der Waals surface area (Å²) in [4.78, 5) is 8.32. The van der Waals surface area contributed by atoms with Gasteiger partial charge in [-0.15, -0.1) is 0 Å². The van der Waals surface area contributed by atoms with E-state index in [4.69, 9.17) is 16.7 Å². The largest absolute Gasteiger partial charge is 0.508 e. The lowest BCUT2D eigenvalue weighted by atomic mass is 10.0. The molecule has 2 N–H and O–H groups in total. The van der Waals surface area contributed by atoms with Crippen molar-refractivity contribution in [2.45, 2.75) is 20.0 Å². The average molecular weight is 381 g/mol. The van der Waals surface area contributed by atoms with Crippen LogP contribution in [0.15, 0.2) is 54.2 Å². The zero-order valence-corrected chi connectivity index (χ0v) is 15.5. The quantitative estimate of drug-likeness (QED) is 0.723. The molecule has 4 rings (SSSR count). The summed E-state index contributed by atoms with van der Waals surface area (Å²) in [6.07, 6.45) is 8.74. The molecule has 1 aromatic carbocycles. The molecule has 2 aromatic heterocycles. The molecule has 0 amide bonds. The molecule has 1 aliphatic heterocycles. The predicted molar refractivity (Wildman–Crippen MR) is 105 cm³/mol. The average Bonchev–Trinajstić information content (AvgIpc) is 3.12. The number of benzene rings is 1. The van der Waals surface area contributed by atoms with Crippen molar-refractivity contribution in [3.8, 4) is 28.3 Å². The maximum absolute atomic E-state index is 10.2. The van der Waals surface area contributed by atoms with E-state index in [2.05, 4.69) is 20.5 Å². The molecule has 0 aliphatic carbocycles. The van der Waals surface area contributed by atoms with Crippen molar-refractivity contribution in [2.75, 3.05) is 0 Å². The standard InChI is InChI=1S/C19H17ClN6O/c1-11-3-4-18(24-23-11)26-9-14(16-5-6-21-10-22-16)19(25-26)13-7-15(20)12(2)17(27)8-13/h3-10,18,24,27H,1-2H3. The molecule has 0 bridgehead atoms. The van der Waals surface area contributed by atoms with Crippen LogP contribution in [0.4, 0.5) is 0 Å². The number of rotatable bonds is 3. The van der Waals surface area contributed by atoms with Gasteiger partial charge in [0.15, 0.2) is 6.17 Å². The molecule has 1 atom stereocenters. The fourth-order valence-electron chi connectivity index (χ4n) is 2.81. The highest BCUT2D eigenvalue weighted by atomic mass is 35.5. The summed E-state index contributed by atoms with van der Waals surface area (Å²) >= 11 is 6.28. The zero-order chi connectivity index (χ0) is 19.0. The first kappa shape index (κ1) is 17.2. The number of phenols is 1. The first-order valence-electron chi connectivity index (χ1n) is 8.36. The number of halogens is 1. The summed E-state index contributed by atoms with van der Waals surface area (Å²) < 4.78 is 1.77. The van der Waals surface area contributed by atoms with Crippen LogP contribution in [-0.4, -0.2) is 30.6 Å². The van der Waals surface area contributed by atoms with E-state index in [0.717, 1.165) is 17.0 Å². The lowest BCUT2D eigenvalue weighted by Gasteiger charge is -2.16. The Hall–Kier alpha value is -3.19. The van der Waals surface area contributed by atoms with Crippen LogP contribution in [0.25, 0.3) is 22.5 Å². The second-order valence-electron chi connectivity index (χ2n) is 6.25. The molecule has 1 aliphatic rings. The maximum Gasteiger partial charge on any atom is 0.155 e. The van der Waals surface area contributed by atoms with Gasteiger partial charge in [-0.1, -0.05) is 11.6 Å². The number of aromatic hydroxyl groups is 1. The second kappa shape index (κ2) is 6.85. The molecule has 1 unspecified atom stereocenters. The summed E-state index contributed by atoms with van der Waals surface area (Å²) in [6, 6.07) is 5.26. The van der Waals surface area contributed by atoms with Gasteiger partial charge in [-0.25, -0.2) is 14.6 Å². The molecular formula is C19H17ClN6O. The highest BCUT2D eigenvalue weighted by Gasteiger charge is 2.20. The molecular weight excluding hydrogens is 364 g/mol. The molecule has 3 aromatic rings. The van der Waals surface area contributed by atoms with Crippen molar-refractivity contribution in [1.82, 2.24) is 25.2 Å². The van der Waals surface area contributed by atoms with Gasteiger partial charge in [0.1, 0.15) is 17.8 Å². The lowest BCUT2D eigenvalue weighted by molar-refractivity contribution is 0.451. The Morgan fingerprint density at radius 3 is 2.78 bits per heavy atom. The Kier molecular flexibility index (Phi) is 4.37. The predicted octanol–water partition coefficient (Wildman–Crippen LogP) is 3.71. The molecule has 0 saturated carbocycles. The lowest BCUT2D eigenvalue weighted by Crippen LogP contribution is -2.24. The number of phenolic OH excluding ortho intramolecular Hbond substituents is 1. The normalized spacial score (nSPS) is 16.1. The molecule has 136 valence electrons. The third kappa shape index (κ3) is 3.29. The van der Waals surface area contributed by atoms with Crippen LogP contribution in [0.1, 0.15) is 18.7 Å². The summed E-state index contributed by atoms with van der Waals surface area (Å²) in [7, 11) is 0. The smallest absolute Gasteiger partial charge is 0.155 e. The SMILES string of the molecule is CC1=NNC(n2cc(-c3ccncn3)c(-c3cc(O)c(C)c(Cl)c3)n2)C=C1. The molecule has 0 fully saturated rings. The van der Waals surface area contributed by atoms with Gasteiger partial charge < -0.3 is 5.11 Å². The summed E-state index contributed by atoms with van der Waals surface area (Å²) in [5, 5.41) is 19.6. The van der Waals surface area contributed by atoms with E-state index in [9.17, 15) is 5.11 Å². The zero-order valence-electron chi connectivity index (χ0n) is 14.8. The van der Waals surface area contributed by atoms with Gasteiger partial charge in [-0.2, -0.15) is 10.2 Å². The van der Waals surface area contributed by atoms with E-state index < -0.39 is 0 Å². The van der Waals surface area contributed by atoms with Crippen LogP contribution < -0.4 is 5.43 Å². The van der Waals surface area contributed by atoms with Crippen molar-refractivity contribution in [1.29, 1.82) is 0 Å². The van der Waals surface area contributed by atoms with Gasteiger partial charge in [-0.05, 0) is 44.2 Å². The van der Waals surface area contributed by atoms with Crippen molar-refractivity contribution in [2.24, 2.45) is 5.10 Å². The minimum Gasteiger partial charge on any atom is -0.508 e. The molecule has 0 radical (unpaired) electrons. The van der Waals surface area contributed by atoms with Gasteiger partial charge in [0.05, 0.1) is 11.4 Å². The van der Waals surface area contributed by atoms with Gasteiger partial charge >= 0.3 is 0 Å².